The van der Waals surface area contributed by atoms with E-state index < -0.39 is 0 Å². The van der Waals surface area contributed by atoms with Crippen LogP contribution in [0.5, 0.6) is 5.75 Å². The molecule has 0 fully saturated rings. The van der Waals surface area contributed by atoms with Crippen molar-refractivity contribution in [1.29, 1.82) is 0 Å². The Morgan fingerprint density at radius 1 is 0.767 bits per heavy atom. The molecule has 4 nitrogen and oxygen atoms in total. The molecule has 30 heavy (non-hydrogen) atoms. The minimum atomic E-state index is -0.334. The Morgan fingerprint density at radius 2 is 1.37 bits per heavy atom. The van der Waals surface area contributed by atoms with E-state index in [-0.39, 0.29) is 24.4 Å². The zero-order chi connectivity index (χ0) is 21.5. The van der Waals surface area contributed by atoms with E-state index in [1.165, 1.54) is 6.07 Å². The molecule has 3 aromatic carbocycles. The molecule has 154 valence electrons. The lowest BCUT2D eigenvalue weighted by atomic mass is 9.99. The molecule has 0 saturated carbocycles. The smallest absolute Gasteiger partial charge is 0.310 e. The van der Waals surface area contributed by atoms with E-state index >= 15 is 0 Å². The maximum atomic E-state index is 14.8. The predicted molar refractivity (Wildman–Crippen MR) is 113 cm³/mol. The van der Waals surface area contributed by atoms with Crippen molar-refractivity contribution < 1.29 is 23.5 Å². The average molecular weight is 406 g/mol. The molecule has 0 spiro atoms. The number of esters is 2. The van der Waals surface area contributed by atoms with Gasteiger partial charge in [-0.2, -0.15) is 0 Å². The zero-order valence-corrected chi connectivity index (χ0v) is 17.0. The second-order valence-corrected chi connectivity index (χ2v) is 6.76. The molecule has 3 aromatic rings. The highest BCUT2D eigenvalue weighted by Gasteiger charge is 2.09. The van der Waals surface area contributed by atoms with E-state index in [0.29, 0.717) is 24.2 Å². The van der Waals surface area contributed by atoms with Gasteiger partial charge in [0.05, 0.1) is 0 Å². The molecule has 0 atom stereocenters. The third-order valence-electron chi connectivity index (χ3n) is 4.63. The molecule has 5 heteroatoms. The fourth-order valence-electron chi connectivity index (χ4n) is 2.89. The molecule has 0 aliphatic heterocycles. The fraction of sp³-hybridized carbons (Fsp3) is 0.200. The van der Waals surface area contributed by atoms with Crippen LogP contribution in [0.1, 0.15) is 32.3 Å². The molecule has 0 amide bonds. The van der Waals surface area contributed by atoms with Gasteiger partial charge in [-0.15, -0.1) is 0 Å². The van der Waals surface area contributed by atoms with Crippen molar-refractivity contribution in [3.05, 3.63) is 78.1 Å². The summed E-state index contributed by atoms with van der Waals surface area (Å²) >= 11 is 0. The number of hydrogen-bond acceptors (Lipinski definition) is 4. The van der Waals surface area contributed by atoms with Gasteiger partial charge in [0.1, 0.15) is 18.2 Å². The normalized spacial score (nSPS) is 10.5. The molecule has 0 aromatic heterocycles. The lowest BCUT2D eigenvalue weighted by Gasteiger charge is -2.09. The molecule has 0 unspecified atom stereocenters. The van der Waals surface area contributed by atoms with Gasteiger partial charge >= 0.3 is 11.9 Å². The van der Waals surface area contributed by atoms with Crippen LogP contribution in [-0.2, 0) is 20.9 Å². The molecule has 0 N–H and O–H groups in total. The Balaban J connectivity index is 1.73. The summed E-state index contributed by atoms with van der Waals surface area (Å²) in [5.74, 6) is -0.420. The maximum absolute atomic E-state index is 14.8. The second kappa shape index (κ2) is 9.83. The van der Waals surface area contributed by atoms with Gasteiger partial charge in [-0.3, -0.25) is 9.59 Å². The van der Waals surface area contributed by atoms with Crippen LogP contribution in [0.25, 0.3) is 22.3 Å². The molecule has 0 heterocycles. The lowest BCUT2D eigenvalue weighted by Crippen LogP contribution is -2.05. The number of ether oxygens (including phenoxy) is 2. The number of benzene rings is 3. The number of carbonyl (C=O) groups is 2. The summed E-state index contributed by atoms with van der Waals surface area (Å²) in [7, 11) is 0. The van der Waals surface area contributed by atoms with Crippen LogP contribution < -0.4 is 4.74 Å². The van der Waals surface area contributed by atoms with Crippen molar-refractivity contribution in [1.82, 2.24) is 0 Å². The first-order valence-electron chi connectivity index (χ1n) is 9.85. The van der Waals surface area contributed by atoms with Crippen LogP contribution >= 0.6 is 0 Å². The number of halogens is 1. The Bertz CT molecular complexity index is 1020. The highest BCUT2D eigenvalue weighted by molar-refractivity contribution is 5.74. The first kappa shape index (κ1) is 21.2. The van der Waals surface area contributed by atoms with Crippen molar-refractivity contribution in [2.24, 2.45) is 0 Å². The molecular weight excluding hydrogens is 383 g/mol. The Labute approximate surface area is 175 Å². The van der Waals surface area contributed by atoms with Crippen LogP contribution in [0, 0.1) is 5.82 Å². The number of carbonyl (C=O) groups excluding carboxylic acids is 2. The maximum Gasteiger partial charge on any atom is 0.310 e. The van der Waals surface area contributed by atoms with Gasteiger partial charge in [0, 0.05) is 18.4 Å². The summed E-state index contributed by atoms with van der Waals surface area (Å²) < 4.78 is 25.0. The van der Waals surface area contributed by atoms with Crippen LogP contribution in [0.2, 0.25) is 0 Å². The molecule has 0 aliphatic rings. The van der Waals surface area contributed by atoms with E-state index in [9.17, 15) is 14.0 Å². The van der Waals surface area contributed by atoms with Crippen molar-refractivity contribution in [2.75, 3.05) is 0 Å². The summed E-state index contributed by atoms with van der Waals surface area (Å²) in [6.45, 7) is 3.68. The first-order chi connectivity index (χ1) is 14.5. The highest BCUT2D eigenvalue weighted by Crippen LogP contribution is 2.29. The van der Waals surface area contributed by atoms with Gasteiger partial charge in [-0.1, -0.05) is 62.4 Å². The van der Waals surface area contributed by atoms with E-state index in [1.807, 2.05) is 30.3 Å². The Morgan fingerprint density at radius 3 is 1.97 bits per heavy atom. The third kappa shape index (κ3) is 5.32. The third-order valence-corrected chi connectivity index (χ3v) is 4.63. The van der Waals surface area contributed by atoms with E-state index in [0.717, 1.165) is 22.3 Å². The van der Waals surface area contributed by atoms with Gasteiger partial charge in [-0.05, 0) is 40.5 Å². The Kier molecular flexibility index (Phi) is 6.96. The van der Waals surface area contributed by atoms with Crippen LogP contribution in [-0.4, -0.2) is 11.9 Å². The largest absolute Gasteiger partial charge is 0.461 e. The summed E-state index contributed by atoms with van der Waals surface area (Å²) in [5.41, 5.74) is 3.63. The van der Waals surface area contributed by atoms with Crippen molar-refractivity contribution >= 4 is 11.9 Å². The van der Waals surface area contributed by atoms with E-state index in [2.05, 4.69) is 0 Å². The van der Waals surface area contributed by atoms with E-state index in [4.69, 9.17) is 9.47 Å². The van der Waals surface area contributed by atoms with E-state index in [1.54, 1.807) is 44.2 Å². The molecule has 0 bridgehead atoms. The van der Waals surface area contributed by atoms with Crippen LogP contribution in [0.4, 0.5) is 4.39 Å². The summed E-state index contributed by atoms with van der Waals surface area (Å²) in [6, 6.07) is 19.3. The SMILES string of the molecule is CCC(=O)OCc1ccc(-c2ccc(-c3ccc(OC(=O)CC)cc3)cc2F)cc1. The quantitative estimate of drug-likeness (QED) is 0.361. The first-order valence-corrected chi connectivity index (χ1v) is 9.85. The van der Waals surface area contributed by atoms with Gasteiger partial charge in [0.2, 0.25) is 0 Å². The standard InChI is InChI=1S/C25H23FO4/c1-3-24(27)29-16-17-5-7-19(8-6-17)22-14-11-20(15-23(22)26)18-9-12-21(13-10-18)30-25(28)4-2/h5-15H,3-4,16H2,1-2H3. The van der Waals surface area contributed by atoms with Crippen molar-refractivity contribution in [3.8, 4) is 28.0 Å². The van der Waals surface area contributed by atoms with Crippen molar-refractivity contribution in [2.45, 2.75) is 33.3 Å². The molecule has 0 radical (unpaired) electrons. The monoisotopic (exact) mass is 406 g/mol. The minimum absolute atomic E-state index is 0.206. The number of hydrogen-bond donors (Lipinski definition) is 0. The van der Waals surface area contributed by atoms with Crippen LogP contribution in [0.15, 0.2) is 66.7 Å². The average Bonchev–Trinajstić information content (AvgIpc) is 2.78. The number of rotatable bonds is 7. The predicted octanol–water partition coefficient (Wildman–Crippen LogP) is 5.93. The molecule has 3 rings (SSSR count). The second-order valence-electron chi connectivity index (χ2n) is 6.76. The molecule has 0 aliphatic carbocycles. The fourth-order valence-corrected chi connectivity index (χ4v) is 2.89. The van der Waals surface area contributed by atoms with Crippen molar-refractivity contribution in [3.63, 3.8) is 0 Å². The minimum Gasteiger partial charge on any atom is -0.461 e. The van der Waals surface area contributed by atoms with Gasteiger partial charge in [0.25, 0.3) is 0 Å². The Hall–Kier alpha value is -3.47. The highest BCUT2D eigenvalue weighted by atomic mass is 19.1. The summed E-state index contributed by atoms with van der Waals surface area (Å²) in [5, 5.41) is 0. The summed E-state index contributed by atoms with van der Waals surface area (Å²) in [4.78, 5) is 22.6. The zero-order valence-electron chi connectivity index (χ0n) is 17.0. The summed E-state index contributed by atoms with van der Waals surface area (Å²) in [6.07, 6.45) is 0.640. The van der Waals surface area contributed by atoms with Gasteiger partial charge < -0.3 is 9.47 Å². The molecule has 0 saturated heterocycles. The van der Waals surface area contributed by atoms with Gasteiger partial charge in [0.15, 0.2) is 0 Å². The van der Waals surface area contributed by atoms with Crippen LogP contribution in [0.3, 0.4) is 0 Å². The lowest BCUT2D eigenvalue weighted by molar-refractivity contribution is -0.144. The van der Waals surface area contributed by atoms with Gasteiger partial charge in [-0.25, -0.2) is 4.39 Å². The molecular formula is C25H23FO4. The topological polar surface area (TPSA) is 52.6 Å².